The van der Waals surface area contributed by atoms with Gasteiger partial charge in [-0.05, 0) is 62.8 Å². The zero-order valence-corrected chi connectivity index (χ0v) is 13.5. The van der Waals surface area contributed by atoms with Gasteiger partial charge in [-0.15, -0.1) is 0 Å². The summed E-state index contributed by atoms with van der Waals surface area (Å²) in [4.78, 5) is 14.5. The summed E-state index contributed by atoms with van der Waals surface area (Å²) in [5, 5.41) is 13.4. The van der Waals surface area contributed by atoms with E-state index in [1.54, 1.807) is 0 Å². The molecule has 120 valence electrons. The van der Waals surface area contributed by atoms with E-state index in [1.807, 2.05) is 0 Å². The number of carboxylic acids is 1. The van der Waals surface area contributed by atoms with E-state index in [0.717, 1.165) is 38.8 Å². The van der Waals surface area contributed by atoms with Crippen molar-refractivity contribution in [2.45, 2.75) is 70.4 Å². The maximum atomic E-state index is 12.1. The molecule has 0 bridgehead atoms. The number of likely N-dealkylation sites (tertiary alicyclic amines) is 1. The van der Waals surface area contributed by atoms with E-state index in [1.165, 1.54) is 19.3 Å². The van der Waals surface area contributed by atoms with Gasteiger partial charge >= 0.3 is 5.97 Å². The molecule has 2 saturated carbocycles. The molecule has 0 amide bonds. The van der Waals surface area contributed by atoms with E-state index in [9.17, 15) is 9.90 Å². The maximum absolute atomic E-state index is 12.1. The largest absolute Gasteiger partial charge is 0.480 e. The molecule has 1 aliphatic heterocycles. The highest BCUT2D eigenvalue weighted by molar-refractivity contribution is 5.80. The van der Waals surface area contributed by atoms with Crippen LogP contribution in [-0.4, -0.2) is 47.2 Å². The molecule has 1 unspecified atom stereocenters. The molecule has 1 atom stereocenters. The Morgan fingerprint density at radius 1 is 1.29 bits per heavy atom. The zero-order chi connectivity index (χ0) is 15.1. The summed E-state index contributed by atoms with van der Waals surface area (Å²) >= 11 is 0. The lowest BCUT2D eigenvalue weighted by molar-refractivity contribution is -0.147. The number of hydrogen-bond acceptors (Lipinski definition) is 3. The quantitative estimate of drug-likeness (QED) is 0.722. The summed E-state index contributed by atoms with van der Waals surface area (Å²) in [6.07, 6.45) is 8.09. The normalized spacial score (nSPS) is 28.5. The fourth-order valence-electron chi connectivity index (χ4n) is 4.11. The van der Waals surface area contributed by atoms with Crippen LogP contribution in [0.5, 0.6) is 0 Å². The highest BCUT2D eigenvalue weighted by Gasteiger charge is 2.54. The predicted octanol–water partition coefficient (Wildman–Crippen LogP) is 2.48. The number of carboxylic acid groups (broad SMARTS) is 1. The van der Waals surface area contributed by atoms with Crippen molar-refractivity contribution in [3.05, 3.63) is 0 Å². The first-order valence-electron chi connectivity index (χ1n) is 8.77. The van der Waals surface area contributed by atoms with Gasteiger partial charge in [0, 0.05) is 19.1 Å². The van der Waals surface area contributed by atoms with Crippen molar-refractivity contribution >= 4 is 5.97 Å². The highest BCUT2D eigenvalue weighted by atomic mass is 16.4. The number of nitrogens with zero attached hydrogens (tertiary/aromatic N) is 1. The lowest BCUT2D eigenvalue weighted by Gasteiger charge is -2.36. The van der Waals surface area contributed by atoms with Gasteiger partial charge < -0.3 is 10.0 Å². The Labute approximate surface area is 128 Å². The molecule has 3 rings (SSSR count). The zero-order valence-electron chi connectivity index (χ0n) is 13.5. The van der Waals surface area contributed by atoms with Crippen molar-refractivity contribution in [1.82, 2.24) is 10.2 Å². The lowest BCUT2D eigenvalue weighted by atomic mass is 9.82. The monoisotopic (exact) mass is 294 g/mol. The first-order valence-corrected chi connectivity index (χ1v) is 8.77. The minimum absolute atomic E-state index is 0.342. The second kappa shape index (κ2) is 5.54. The van der Waals surface area contributed by atoms with Crippen LogP contribution in [0.1, 0.15) is 58.8 Å². The molecular formula is C17H30N2O2. The number of rotatable bonds is 8. The molecule has 2 aliphatic carbocycles. The Balaban J connectivity index is 1.71. The Bertz CT molecular complexity index is 400. The van der Waals surface area contributed by atoms with Gasteiger partial charge in [0.1, 0.15) is 5.54 Å². The molecule has 0 aromatic rings. The Kier molecular flexibility index (Phi) is 4.04. The van der Waals surface area contributed by atoms with Crippen molar-refractivity contribution in [3.8, 4) is 0 Å². The van der Waals surface area contributed by atoms with Crippen LogP contribution >= 0.6 is 0 Å². The molecule has 0 spiro atoms. The third-order valence-electron chi connectivity index (χ3n) is 6.19. The van der Waals surface area contributed by atoms with Gasteiger partial charge in [0.15, 0.2) is 0 Å². The molecule has 2 N–H and O–H groups in total. The van der Waals surface area contributed by atoms with Crippen LogP contribution in [0, 0.1) is 11.3 Å². The summed E-state index contributed by atoms with van der Waals surface area (Å²) < 4.78 is 0. The first kappa shape index (κ1) is 15.3. The van der Waals surface area contributed by atoms with Gasteiger partial charge in [-0.1, -0.05) is 13.8 Å². The topological polar surface area (TPSA) is 52.6 Å². The number of carbonyl (C=O) groups is 1. The standard InChI is InChI=1S/C17H30N2O2/c1-3-16(4-2)9-10-19(11-16)12-17(15(20)21,13-5-6-13)18-14-7-8-14/h13-14,18H,3-12H2,1-2H3,(H,20,21). The molecule has 1 heterocycles. The Morgan fingerprint density at radius 3 is 2.38 bits per heavy atom. The highest BCUT2D eigenvalue weighted by Crippen LogP contribution is 2.44. The van der Waals surface area contributed by atoms with Crippen LogP contribution in [0.25, 0.3) is 0 Å². The minimum Gasteiger partial charge on any atom is -0.480 e. The van der Waals surface area contributed by atoms with Gasteiger partial charge in [-0.2, -0.15) is 0 Å². The van der Waals surface area contributed by atoms with Gasteiger partial charge in [-0.25, -0.2) is 0 Å². The van der Waals surface area contributed by atoms with E-state index in [2.05, 4.69) is 24.1 Å². The molecule has 4 nitrogen and oxygen atoms in total. The molecule has 3 aliphatic rings. The number of nitrogens with one attached hydrogen (secondary N) is 1. The fraction of sp³-hybridized carbons (Fsp3) is 0.941. The minimum atomic E-state index is -0.682. The number of hydrogen-bond donors (Lipinski definition) is 2. The van der Waals surface area contributed by atoms with Gasteiger partial charge in [0.2, 0.25) is 0 Å². The fourth-order valence-corrected chi connectivity index (χ4v) is 4.11. The number of aliphatic carboxylic acids is 1. The third-order valence-corrected chi connectivity index (χ3v) is 6.19. The van der Waals surface area contributed by atoms with Gasteiger partial charge in [0.25, 0.3) is 0 Å². The van der Waals surface area contributed by atoms with E-state index < -0.39 is 11.5 Å². The molecule has 4 heteroatoms. The summed E-state index contributed by atoms with van der Waals surface area (Å²) in [6, 6.07) is 0.450. The molecule has 0 aromatic carbocycles. The van der Waals surface area contributed by atoms with Crippen LogP contribution in [0.4, 0.5) is 0 Å². The van der Waals surface area contributed by atoms with Crippen molar-refractivity contribution in [2.24, 2.45) is 11.3 Å². The summed E-state index contributed by atoms with van der Waals surface area (Å²) in [5.74, 6) is -0.281. The Hall–Kier alpha value is -0.610. The van der Waals surface area contributed by atoms with Gasteiger partial charge in [-0.3, -0.25) is 10.1 Å². The average molecular weight is 294 g/mol. The maximum Gasteiger partial charge on any atom is 0.325 e. The molecule has 0 aromatic heterocycles. The van der Waals surface area contributed by atoms with E-state index in [0.29, 0.717) is 23.9 Å². The van der Waals surface area contributed by atoms with Crippen LogP contribution < -0.4 is 5.32 Å². The van der Waals surface area contributed by atoms with Crippen molar-refractivity contribution in [2.75, 3.05) is 19.6 Å². The summed E-state index contributed by atoms with van der Waals surface area (Å²) in [5.41, 5.74) is -0.258. The molecular weight excluding hydrogens is 264 g/mol. The Morgan fingerprint density at radius 2 is 1.95 bits per heavy atom. The van der Waals surface area contributed by atoms with Crippen LogP contribution in [0.2, 0.25) is 0 Å². The van der Waals surface area contributed by atoms with E-state index in [4.69, 9.17) is 0 Å². The smallest absolute Gasteiger partial charge is 0.325 e. The summed E-state index contributed by atoms with van der Waals surface area (Å²) in [6.45, 7) is 7.40. The lowest BCUT2D eigenvalue weighted by Crippen LogP contribution is -2.61. The van der Waals surface area contributed by atoms with Crippen molar-refractivity contribution in [3.63, 3.8) is 0 Å². The third kappa shape index (κ3) is 2.98. The van der Waals surface area contributed by atoms with Crippen LogP contribution in [-0.2, 0) is 4.79 Å². The predicted molar refractivity (Wildman–Crippen MR) is 83.3 cm³/mol. The second-order valence-corrected chi connectivity index (χ2v) is 7.64. The van der Waals surface area contributed by atoms with E-state index >= 15 is 0 Å². The SMILES string of the molecule is CCC1(CC)CCN(CC(NC2CC2)(C(=O)O)C2CC2)C1. The van der Waals surface area contributed by atoms with E-state index in [-0.39, 0.29) is 0 Å². The molecule has 21 heavy (non-hydrogen) atoms. The van der Waals surface area contributed by atoms with Crippen molar-refractivity contribution in [1.29, 1.82) is 0 Å². The second-order valence-electron chi connectivity index (χ2n) is 7.64. The molecule has 3 fully saturated rings. The average Bonchev–Trinajstić information content (AvgIpc) is 3.37. The van der Waals surface area contributed by atoms with Gasteiger partial charge in [0.05, 0.1) is 0 Å². The molecule has 1 saturated heterocycles. The van der Waals surface area contributed by atoms with Crippen molar-refractivity contribution < 1.29 is 9.90 Å². The molecule has 0 radical (unpaired) electrons. The summed E-state index contributed by atoms with van der Waals surface area (Å²) in [7, 11) is 0. The first-order chi connectivity index (χ1) is 10.0. The van der Waals surface area contributed by atoms with Crippen LogP contribution in [0.3, 0.4) is 0 Å². The van der Waals surface area contributed by atoms with Crippen LogP contribution in [0.15, 0.2) is 0 Å².